The Bertz CT molecular complexity index is 1170. The molecule has 1 amide bonds. The Labute approximate surface area is 198 Å². The molecule has 0 radical (unpaired) electrons. The highest BCUT2D eigenvalue weighted by Gasteiger charge is 2.24. The molecular weight excluding hydrogens is 438 g/mol. The van der Waals surface area contributed by atoms with Crippen molar-refractivity contribution < 1.29 is 18.3 Å². The molecule has 0 N–H and O–H groups in total. The van der Waals surface area contributed by atoms with E-state index in [9.17, 15) is 13.6 Å². The molecule has 0 saturated carbocycles. The molecule has 4 rings (SSSR count). The highest BCUT2D eigenvalue weighted by molar-refractivity contribution is 5.76. The van der Waals surface area contributed by atoms with Crippen LogP contribution in [0.4, 0.5) is 8.78 Å². The van der Waals surface area contributed by atoms with E-state index in [-0.39, 0.29) is 11.7 Å². The molecule has 0 atom stereocenters. The van der Waals surface area contributed by atoms with Crippen molar-refractivity contribution in [3.63, 3.8) is 0 Å². The van der Waals surface area contributed by atoms with Gasteiger partial charge in [0.05, 0.1) is 11.4 Å². The van der Waals surface area contributed by atoms with E-state index in [0.29, 0.717) is 24.4 Å². The molecule has 1 fully saturated rings. The second-order valence-electron chi connectivity index (χ2n) is 8.61. The van der Waals surface area contributed by atoms with Crippen LogP contribution in [0.2, 0.25) is 0 Å². The molecule has 6 nitrogen and oxygen atoms in total. The van der Waals surface area contributed by atoms with Crippen LogP contribution in [0.15, 0.2) is 42.5 Å². The quantitative estimate of drug-likeness (QED) is 0.506. The van der Waals surface area contributed by atoms with Gasteiger partial charge in [0.2, 0.25) is 11.8 Å². The number of ether oxygens (including phenoxy) is 1. The Morgan fingerprint density at radius 3 is 2.50 bits per heavy atom. The van der Waals surface area contributed by atoms with Gasteiger partial charge in [0, 0.05) is 44.2 Å². The van der Waals surface area contributed by atoms with E-state index >= 15 is 0 Å². The third-order valence-corrected chi connectivity index (χ3v) is 6.25. The highest BCUT2D eigenvalue weighted by atomic mass is 19.1. The summed E-state index contributed by atoms with van der Waals surface area (Å²) < 4.78 is 35.5. The van der Waals surface area contributed by atoms with Gasteiger partial charge in [-0.25, -0.2) is 13.5 Å². The topological polar surface area (TPSA) is 50.6 Å². The van der Waals surface area contributed by atoms with Gasteiger partial charge in [0.15, 0.2) is 11.6 Å². The largest absolute Gasteiger partial charge is 0.436 e. The molecule has 3 aromatic rings. The first kappa shape index (κ1) is 23.9. The van der Waals surface area contributed by atoms with Crippen LogP contribution in [0.25, 0.3) is 5.69 Å². The number of nitrogens with zero attached hydrogens (tertiary/aromatic N) is 4. The van der Waals surface area contributed by atoms with Crippen LogP contribution in [0.3, 0.4) is 0 Å². The average Bonchev–Trinajstić information content (AvgIpc) is 3.14. The summed E-state index contributed by atoms with van der Waals surface area (Å²) in [6.07, 6.45) is 0.706. The lowest BCUT2D eigenvalue weighted by molar-refractivity contribution is -0.132. The molecule has 1 saturated heterocycles. The van der Waals surface area contributed by atoms with Crippen LogP contribution in [0, 0.1) is 25.5 Å². The van der Waals surface area contributed by atoms with Gasteiger partial charge in [0.25, 0.3) is 0 Å². The van der Waals surface area contributed by atoms with E-state index in [1.54, 1.807) is 4.68 Å². The molecule has 0 spiro atoms. The van der Waals surface area contributed by atoms with Crippen LogP contribution in [-0.4, -0.2) is 58.2 Å². The predicted molar refractivity (Wildman–Crippen MR) is 126 cm³/mol. The fourth-order valence-electron chi connectivity index (χ4n) is 4.23. The number of likely N-dealkylation sites (N-methyl/N-ethyl adjacent to an activating group) is 1. The summed E-state index contributed by atoms with van der Waals surface area (Å²) in [7, 11) is 0. The first-order chi connectivity index (χ1) is 16.4. The smallest absolute Gasteiger partial charge is 0.226 e. The van der Waals surface area contributed by atoms with Crippen molar-refractivity contribution in [2.45, 2.75) is 33.6 Å². The summed E-state index contributed by atoms with van der Waals surface area (Å²) in [5.41, 5.74) is 3.22. The zero-order valence-electron chi connectivity index (χ0n) is 19.9. The standard InChI is InChI=1S/C26H30F2N4O2/c1-4-30-12-14-31(15-13-30)25(33)11-9-22-19(3)29-32(21-7-5-6-18(2)16-21)26(22)34-24-10-8-20(27)17-23(24)28/h5-8,10,16-17H,4,9,11-15H2,1-3H3. The van der Waals surface area contributed by atoms with Crippen molar-refractivity contribution in [1.82, 2.24) is 19.6 Å². The maximum atomic E-state index is 14.4. The van der Waals surface area contributed by atoms with E-state index in [4.69, 9.17) is 4.74 Å². The van der Waals surface area contributed by atoms with E-state index < -0.39 is 11.6 Å². The number of aromatic nitrogens is 2. The summed E-state index contributed by atoms with van der Waals surface area (Å²) in [5, 5.41) is 4.64. The highest BCUT2D eigenvalue weighted by Crippen LogP contribution is 2.33. The lowest BCUT2D eigenvalue weighted by Crippen LogP contribution is -2.48. The van der Waals surface area contributed by atoms with E-state index in [1.807, 2.05) is 43.0 Å². The Morgan fingerprint density at radius 2 is 1.82 bits per heavy atom. The van der Waals surface area contributed by atoms with Gasteiger partial charge in [0.1, 0.15) is 5.82 Å². The molecule has 34 heavy (non-hydrogen) atoms. The summed E-state index contributed by atoms with van der Waals surface area (Å²) in [5.74, 6) is -1.17. The van der Waals surface area contributed by atoms with Crippen molar-refractivity contribution in [3.8, 4) is 17.3 Å². The number of amides is 1. The molecule has 180 valence electrons. The third kappa shape index (κ3) is 5.28. The number of halogens is 2. The van der Waals surface area contributed by atoms with E-state index in [2.05, 4.69) is 16.9 Å². The van der Waals surface area contributed by atoms with Crippen LogP contribution >= 0.6 is 0 Å². The van der Waals surface area contributed by atoms with Gasteiger partial charge < -0.3 is 14.5 Å². The number of hydrogen-bond acceptors (Lipinski definition) is 4. The Balaban J connectivity index is 1.61. The Morgan fingerprint density at radius 1 is 1.06 bits per heavy atom. The molecule has 2 heterocycles. The molecule has 1 aliphatic rings. The third-order valence-electron chi connectivity index (χ3n) is 6.25. The fraction of sp³-hybridized carbons (Fsp3) is 0.385. The maximum absolute atomic E-state index is 14.4. The first-order valence-electron chi connectivity index (χ1n) is 11.6. The number of aryl methyl sites for hydroxylation is 2. The normalized spacial score (nSPS) is 14.4. The van der Waals surface area contributed by atoms with E-state index in [1.165, 1.54) is 6.07 Å². The second-order valence-corrected chi connectivity index (χ2v) is 8.61. The van der Waals surface area contributed by atoms with Gasteiger partial charge >= 0.3 is 0 Å². The number of piperazine rings is 1. The minimum atomic E-state index is -0.800. The number of carbonyl (C=O) groups excluding carboxylic acids is 1. The predicted octanol–water partition coefficient (Wildman–Crippen LogP) is 4.66. The lowest BCUT2D eigenvalue weighted by atomic mass is 10.1. The van der Waals surface area contributed by atoms with Crippen molar-refractivity contribution in [2.24, 2.45) is 0 Å². The molecule has 0 aliphatic carbocycles. The number of hydrogen-bond donors (Lipinski definition) is 0. The molecular formula is C26H30F2N4O2. The van der Waals surface area contributed by atoms with Gasteiger partial charge in [-0.3, -0.25) is 4.79 Å². The minimum Gasteiger partial charge on any atom is -0.436 e. The zero-order chi connectivity index (χ0) is 24.2. The molecule has 0 bridgehead atoms. The lowest BCUT2D eigenvalue weighted by Gasteiger charge is -2.34. The van der Waals surface area contributed by atoms with Crippen LogP contribution in [-0.2, 0) is 11.2 Å². The summed E-state index contributed by atoms with van der Waals surface area (Å²) >= 11 is 0. The number of rotatable bonds is 7. The monoisotopic (exact) mass is 468 g/mol. The molecule has 2 aromatic carbocycles. The Kier molecular flexibility index (Phi) is 7.26. The SMILES string of the molecule is CCN1CCN(C(=O)CCc2c(C)nn(-c3cccc(C)c3)c2Oc2ccc(F)cc2F)CC1. The fourth-order valence-corrected chi connectivity index (χ4v) is 4.23. The van der Waals surface area contributed by atoms with Crippen molar-refractivity contribution >= 4 is 5.91 Å². The zero-order valence-corrected chi connectivity index (χ0v) is 19.9. The molecule has 1 aromatic heterocycles. The van der Waals surface area contributed by atoms with Crippen molar-refractivity contribution in [1.29, 1.82) is 0 Å². The maximum Gasteiger partial charge on any atom is 0.226 e. The van der Waals surface area contributed by atoms with Crippen molar-refractivity contribution in [3.05, 3.63) is 70.9 Å². The molecule has 8 heteroatoms. The van der Waals surface area contributed by atoms with Gasteiger partial charge in [-0.05, 0) is 56.6 Å². The number of carbonyl (C=O) groups is 1. The minimum absolute atomic E-state index is 0.0809. The van der Waals surface area contributed by atoms with Crippen LogP contribution in [0.5, 0.6) is 11.6 Å². The van der Waals surface area contributed by atoms with Gasteiger partial charge in [-0.1, -0.05) is 19.1 Å². The van der Waals surface area contributed by atoms with Gasteiger partial charge in [-0.2, -0.15) is 5.10 Å². The average molecular weight is 469 g/mol. The molecule has 1 aliphatic heterocycles. The summed E-state index contributed by atoms with van der Waals surface area (Å²) in [6, 6.07) is 10.9. The van der Waals surface area contributed by atoms with Gasteiger partial charge in [-0.15, -0.1) is 0 Å². The van der Waals surface area contributed by atoms with Crippen molar-refractivity contribution in [2.75, 3.05) is 32.7 Å². The summed E-state index contributed by atoms with van der Waals surface area (Å²) in [4.78, 5) is 17.1. The second kappa shape index (κ2) is 10.3. The first-order valence-corrected chi connectivity index (χ1v) is 11.6. The van der Waals surface area contributed by atoms with Crippen LogP contribution < -0.4 is 4.74 Å². The molecule has 0 unspecified atom stereocenters. The Hall–Kier alpha value is -3.26. The number of benzene rings is 2. The van der Waals surface area contributed by atoms with E-state index in [0.717, 1.165) is 61.7 Å². The summed E-state index contributed by atoms with van der Waals surface area (Å²) in [6.45, 7) is 10.1. The van der Waals surface area contributed by atoms with Crippen LogP contribution in [0.1, 0.15) is 30.2 Å².